The van der Waals surface area contributed by atoms with E-state index in [-0.39, 0.29) is 19.1 Å². The Morgan fingerprint density at radius 2 is 1.73 bits per heavy atom. The van der Waals surface area contributed by atoms with Crippen LogP contribution in [0.15, 0.2) is 84.9 Å². The molecule has 1 heterocycles. The minimum Gasteiger partial charge on any atom is -0.508 e. The largest absolute Gasteiger partial charge is 0.508 e. The molecule has 0 saturated carbocycles. The summed E-state index contributed by atoms with van der Waals surface area (Å²) in [6, 6.07) is 24.9. The summed E-state index contributed by atoms with van der Waals surface area (Å²) in [5.74, 6) is -0.420. The molecule has 0 bridgehead atoms. The van der Waals surface area contributed by atoms with Crippen molar-refractivity contribution >= 4 is 5.97 Å². The zero-order valence-corrected chi connectivity index (χ0v) is 22.0. The third-order valence-electron chi connectivity index (χ3n) is 7.61. The molecular formula is C32H28O8. The van der Waals surface area contributed by atoms with Crippen LogP contribution in [0.3, 0.4) is 0 Å². The highest BCUT2D eigenvalue weighted by Gasteiger charge is 2.58. The molecule has 1 aliphatic carbocycles. The number of aliphatic hydroxyl groups is 1. The first-order valence-electron chi connectivity index (χ1n) is 12.8. The number of hydrogen-bond acceptors (Lipinski definition) is 8. The molecule has 40 heavy (non-hydrogen) atoms. The van der Waals surface area contributed by atoms with Crippen LogP contribution in [-0.4, -0.2) is 37.2 Å². The van der Waals surface area contributed by atoms with Gasteiger partial charge < -0.3 is 33.9 Å². The molecule has 0 radical (unpaired) electrons. The lowest BCUT2D eigenvalue weighted by atomic mass is 9.76. The van der Waals surface area contributed by atoms with Crippen LogP contribution in [0.5, 0.6) is 28.7 Å². The fraction of sp³-hybridized carbons (Fsp3) is 0.219. The van der Waals surface area contributed by atoms with Crippen LogP contribution in [-0.2, 0) is 21.7 Å². The summed E-state index contributed by atoms with van der Waals surface area (Å²) < 4.78 is 28.1. The van der Waals surface area contributed by atoms with Crippen molar-refractivity contribution in [3.8, 4) is 28.7 Å². The highest BCUT2D eigenvalue weighted by molar-refractivity contribution is 5.81. The van der Waals surface area contributed by atoms with Crippen LogP contribution in [0, 0.1) is 5.92 Å². The fourth-order valence-corrected chi connectivity index (χ4v) is 5.76. The number of aromatic hydroxyl groups is 1. The molecule has 4 aromatic rings. The van der Waals surface area contributed by atoms with Crippen molar-refractivity contribution < 1.29 is 38.7 Å². The van der Waals surface area contributed by atoms with Crippen molar-refractivity contribution in [1.29, 1.82) is 0 Å². The van der Waals surface area contributed by atoms with Crippen LogP contribution in [0.4, 0.5) is 0 Å². The first-order chi connectivity index (χ1) is 19.4. The van der Waals surface area contributed by atoms with Gasteiger partial charge in [-0.05, 0) is 58.7 Å². The second-order valence-corrected chi connectivity index (χ2v) is 9.77. The van der Waals surface area contributed by atoms with Gasteiger partial charge in [-0.3, -0.25) is 4.79 Å². The summed E-state index contributed by atoms with van der Waals surface area (Å²) in [5.41, 5.74) is 1.10. The van der Waals surface area contributed by atoms with Gasteiger partial charge in [0.1, 0.15) is 35.4 Å². The Morgan fingerprint density at radius 1 is 0.925 bits per heavy atom. The van der Waals surface area contributed by atoms with E-state index >= 15 is 0 Å². The van der Waals surface area contributed by atoms with Gasteiger partial charge in [0.15, 0.2) is 11.5 Å². The number of rotatable bonds is 7. The fourth-order valence-electron chi connectivity index (χ4n) is 5.76. The molecule has 6 rings (SSSR count). The molecule has 8 heteroatoms. The van der Waals surface area contributed by atoms with Crippen molar-refractivity contribution in [3.05, 3.63) is 113 Å². The van der Waals surface area contributed by atoms with E-state index in [1.54, 1.807) is 43.5 Å². The number of fused-ring (bicyclic) bond motifs is 2. The average Bonchev–Trinajstić information content (AvgIpc) is 3.56. The number of phenolic OH excluding ortho intramolecular Hbond substituents is 1. The summed E-state index contributed by atoms with van der Waals surface area (Å²) in [6.45, 7) is 0.324. The molecule has 204 valence electrons. The molecule has 0 spiro atoms. The summed E-state index contributed by atoms with van der Waals surface area (Å²) in [4.78, 5) is 13.6. The monoisotopic (exact) mass is 540 g/mol. The van der Waals surface area contributed by atoms with Crippen molar-refractivity contribution in [1.82, 2.24) is 0 Å². The molecule has 1 aliphatic heterocycles. The number of ether oxygens (including phenoxy) is 5. The summed E-state index contributed by atoms with van der Waals surface area (Å²) in [6.07, 6.45) is 0. The standard InChI is InChI=1S/C32H28O8/c1-36-22-10-12-24(27(16-22)38-17-19-6-4-3-5-7-19)32(35)25-15-21(33)9-11-23(25)29(30(32)31(34)37-2)20-8-13-26-28(14-20)40-18-39-26/h3-16,29-30,33,35H,17-18H2,1-2H3/t29-,30-,32?/m0/s1. The van der Waals surface area contributed by atoms with Gasteiger partial charge in [-0.15, -0.1) is 0 Å². The molecule has 8 nitrogen and oxygen atoms in total. The molecule has 3 atom stereocenters. The Kier molecular flexibility index (Phi) is 6.48. The van der Waals surface area contributed by atoms with E-state index in [1.807, 2.05) is 42.5 Å². The van der Waals surface area contributed by atoms with E-state index in [0.29, 0.717) is 39.7 Å². The highest BCUT2D eigenvalue weighted by atomic mass is 16.7. The zero-order valence-electron chi connectivity index (χ0n) is 22.0. The Bertz CT molecular complexity index is 1570. The SMILES string of the molecule is COC(=O)[C@@H]1[C@@H](c2ccc3c(c2)OCO3)c2ccc(O)cc2C1(O)c1ccc(OC)cc1OCc1ccccc1. The second kappa shape index (κ2) is 10.1. The number of carbonyl (C=O) groups excluding carboxylic acids is 1. The lowest BCUT2D eigenvalue weighted by Gasteiger charge is -2.33. The number of carbonyl (C=O) groups is 1. The van der Waals surface area contributed by atoms with Crippen LogP contribution in [0.2, 0.25) is 0 Å². The van der Waals surface area contributed by atoms with Gasteiger partial charge in [0, 0.05) is 17.5 Å². The predicted octanol–water partition coefficient (Wildman–Crippen LogP) is 4.88. The van der Waals surface area contributed by atoms with E-state index in [9.17, 15) is 15.0 Å². The molecule has 2 aliphatic rings. The number of esters is 1. The van der Waals surface area contributed by atoms with Crippen LogP contribution in [0.1, 0.15) is 33.7 Å². The van der Waals surface area contributed by atoms with Crippen LogP contribution >= 0.6 is 0 Å². The van der Waals surface area contributed by atoms with Gasteiger partial charge in [-0.1, -0.05) is 42.5 Å². The van der Waals surface area contributed by atoms with Gasteiger partial charge in [-0.2, -0.15) is 0 Å². The lowest BCUT2D eigenvalue weighted by Crippen LogP contribution is -2.40. The number of phenols is 1. The highest BCUT2D eigenvalue weighted by Crippen LogP contribution is 2.58. The van der Waals surface area contributed by atoms with Gasteiger partial charge in [0.25, 0.3) is 0 Å². The quantitative estimate of drug-likeness (QED) is 0.320. The molecule has 0 saturated heterocycles. The third kappa shape index (κ3) is 4.17. The average molecular weight is 541 g/mol. The summed E-state index contributed by atoms with van der Waals surface area (Å²) >= 11 is 0. The molecule has 0 amide bonds. The summed E-state index contributed by atoms with van der Waals surface area (Å²) in [5, 5.41) is 23.3. The van der Waals surface area contributed by atoms with E-state index in [2.05, 4.69) is 0 Å². The van der Waals surface area contributed by atoms with E-state index in [1.165, 1.54) is 13.2 Å². The van der Waals surface area contributed by atoms with Gasteiger partial charge in [0.2, 0.25) is 6.79 Å². The Balaban J connectivity index is 1.54. The van der Waals surface area contributed by atoms with Crippen molar-refractivity contribution in [2.24, 2.45) is 5.92 Å². The lowest BCUT2D eigenvalue weighted by molar-refractivity contribution is -0.153. The maximum absolute atomic E-state index is 13.6. The Morgan fingerprint density at radius 3 is 2.50 bits per heavy atom. The van der Waals surface area contributed by atoms with E-state index < -0.39 is 23.4 Å². The molecule has 4 aromatic carbocycles. The van der Waals surface area contributed by atoms with Crippen LogP contribution < -0.4 is 18.9 Å². The molecular weight excluding hydrogens is 512 g/mol. The predicted molar refractivity (Wildman–Crippen MR) is 145 cm³/mol. The molecule has 0 fully saturated rings. The van der Waals surface area contributed by atoms with Crippen LogP contribution in [0.25, 0.3) is 0 Å². The number of benzene rings is 4. The Hall–Kier alpha value is -4.69. The van der Waals surface area contributed by atoms with Crippen molar-refractivity contribution in [2.45, 2.75) is 18.1 Å². The molecule has 2 N–H and O–H groups in total. The van der Waals surface area contributed by atoms with Crippen molar-refractivity contribution in [3.63, 3.8) is 0 Å². The van der Waals surface area contributed by atoms with E-state index in [0.717, 1.165) is 11.1 Å². The topological polar surface area (TPSA) is 104 Å². The normalized spacial score (nSPS) is 20.6. The van der Waals surface area contributed by atoms with Crippen molar-refractivity contribution in [2.75, 3.05) is 21.0 Å². The Labute approximate surface area is 231 Å². The summed E-state index contributed by atoms with van der Waals surface area (Å²) in [7, 11) is 2.83. The number of hydrogen-bond donors (Lipinski definition) is 2. The smallest absolute Gasteiger partial charge is 0.313 e. The van der Waals surface area contributed by atoms with Gasteiger partial charge >= 0.3 is 5.97 Å². The maximum Gasteiger partial charge on any atom is 0.313 e. The minimum atomic E-state index is -1.93. The third-order valence-corrected chi connectivity index (χ3v) is 7.61. The molecule has 1 unspecified atom stereocenters. The first-order valence-corrected chi connectivity index (χ1v) is 12.8. The minimum absolute atomic E-state index is 0.0487. The maximum atomic E-state index is 13.6. The van der Waals surface area contributed by atoms with Gasteiger partial charge in [0.05, 0.1) is 14.2 Å². The number of methoxy groups -OCH3 is 2. The molecule has 0 aromatic heterocycles. The second-order valence-electron chi connectivity index (χ2n) is 9.77. The first kappa shape index (κ1) is 25.6. The van der Waals surface area contributed by atoms with E-state index in [4.69, 9.17) is 23.7 Å². The van der Waals surface area contributed by atoms with Gasteiger partial charge in [-0.25, -0.2) is 0 Å². The zero-order chi connectivity index (χ0) is 27.9.